The predicted octanol–water partition coefficient (Wildman–Crippen LogP) is 3.84. The molecule has 3 rings (SSSR count). The number of ether oxygens (including phenoxy) is 1. The van der Waals surface area contributed by atoms with Gasteiger partial charge in [-0.2, -0.15) is 18.3 Å². The third kappa shape index (κ3) is 4.77. The van der Waals surface area contributed by atoms with Gasteiger partial charge in [0.05, 0.1) is 18.4 Å². The van der Waals surface area contributed by atoms with Crippen molar-refractivity contribution in [1.82, 2.24) is 14.7 Å². The number of halogens is 3. The van der Waals surface area contributed by atoms with Crippen LogP contribution < -0.4 is 4.74 Å². The molecule has 0 bridgehead atoms. The van der Waals surface area contributed by atoms with E-state index in [0.717, 1.165) is 4.68 Å². The Morgan fingerprint density at radius 1 is 1.17 bits per heavy atom. The molecule has 0 saturated carbocycles. The minimum Gasteiger partial charge on any atom is -0.497 e. The lowest BCUT2D eigenvalue weighted by molar-refractivity contribution is -0.142. The van der Waals surface area contributed by atoms with Gasteiger partial charge in [-0.3, -0.25) is 4.79 Å². The van der Waals surface area contributed by atoms with E-state index < -0.39 is 23.4 Å². The maximum absolute atomic E-state index is 13.6. The summed E-state index contributed by atoms with van der Waals surface area (Å²) in [6, 6.07) is 6.36. The number of amides is 1. The molecule has 0 spiro atoms. The predicted molar refractivity (Wildman–Crippen MR) is 105 cm³/mol. The van der Waals surface area contributed by atoms with Crippen LogP contribution in [0.1, 0.15) is 54.9 Å². The molecular weight excluding hydrogens is 399 g/mol. The lowest BCUT2D eigenvalue weighted by Crippen LogP contribution is -2.39. The van der Waals surface area contributed by atoms with Crippen LogP contribution in [0.3, 0.4) is 0 Å². The number of carbonyl (C=O) groups excluding carboxylic acids is 1. The Kier molecular flexibility index (Phi) is 6.12. The molecule has 9 heteroatoms. The molecule has 2 heterocycles. The lowest BCUT2D eigenvalue weighted by atomic mass is 10.00. The molecule has 1 aromatic carbocycles. The van der Waals surface area contributed by atoms with E-state index in [1.165, 1.54) is 7.11 Å². The summed E-state index contributed by atoms with van der Waals surface area (Å²) in [6.07, 6.45) is -2.59. The van der Waals surface area contributed by atoms with Crippen LogP contribution in [-0.2, 0) is 12.6 Å². The number of hydrogen-bond donors (Lipinski definition) is 1. The highest BCUT2D eigenvalue weighted by atomic mass is 19.4. The molecule has 1 amide bonds. The Balaban J connectivity index is 1.90. The molecule has 6 nitrogen and oxygen atoms in total. The van der Waals surface area contributed by atoms with Gasteiger partial charge in [0.1, 0.15) is 11.4 Å². The number of benzene rings is 1. The Morgan fingerprint density at radius 3 is 2.40 bits per heavy atom. The summed E-state index contributed by atoms with van der Waals surface area (Å²) in [5.41, 5.74) is -1.53. The van der Waals surface area contributed by atoms with Gasteiger partial charge >= 0.3 is 6.18 Å². The summed E-state index contributed by atoms with van der Waals surface area (Å²) in [4.78, 5) is 14.7. The number of aliphatic hydroxyl groups is 1. The van der Waals surface area contributed by atoms with Crippen LogP contribution in [0, 0.1) is 0 Å². The summed E-state index contributed by atoms with van der Waals surface area (Å²) >= 11 is 0. The second-order valence-corrected chi connectivity index (χ2v) is 8.10. The van der Waals surface area contributed by atoms with E-state index in [-0.39, 0.29) is 24.2 Å². The minimum absolute atomic E-state index is 0.0405. The van der Waals surface area contributed by atoms with Crippen molar-refractivity contribution >= 4 is 5.91 Å². The van der Waals surface area contributed by atoms with E-state index in [4.69, 9.17) is 4.74 Å². The molecular formula is C21H26F3N3O3. The van der Waals surface area contributed by atoms with Crippen molar-refractivity contribution in [1.29, 1.82) is 0 Å². The second-order valence-electron chi connectivity index (χ2n) is 8.10. The van der Waals surface area contributed by atoms with Gasteiger partial charge in [0, 0.05) is 18.7 Å². The van der Waals surface area contributed by atoms with E-state index in [1.807, 2.05) is 0 Å². The largest absolute Gasteiger partial charge is 0.497 e. The molecule has 164 valence electrons. The Morgan fingerprint density at radius 2 is 1.83 bits per heavy atom. The third-order valence-corrected chi connectivity index (χ3v) is 5.16. The van der Waals surface area contributed by atoms with Crippen molar-refractivity contribution < 1.29 is 27.8 Å². The van der Waals surface area contributed by atoms with Crippen LogP contribution >= 0.6 is 0 Å². The van der Waals surface area contributed by atoms with Gasteiger partial charge in [0.25, 0.3) is 5.91 Å². The van der Waals surface area contributed by atoms with Crippen molar-refractivity contribution in [2.75, 3.05) is 20.2 Å². The monoisotopic (exact) mass is 425 g/mol. The number of methoxy groups -OCH3 is 1. The summed E-state index contributed by atoms with van der Waals surface area (Å²) in [6.45, 7) is 4.07. The fourth-order valence-electron chi connectivity index (χ4n) is 3.62. The highest BCUT2D eigenvalue weighted by Gasteiger charge is 2.43. The molecule has 1 aromatic heterocycles. The summed E-state index contributed by atoms with van der Waals surface area (Å²) in [7, 11) is 1.49. The van der Waals surface area contributed by atoms with E-state index in [1.54, 1.807) is 43.0 Å². The Bertz CT molecular complexity index is 899. The third-order valence-electron chi connectivity index (χ3n) is 5.16. The summed E-state index contributed by atoms with van der Waals surface area (Å²) in [5.74, 6) is 0.0916. The first kappa shape index (κ1) is 22.1. The molecule has 1 aliphatic heterocycles. The SMILES string of the molecule is COc1ccc(-n2nc(C(F)(F)F)c3c2C(=O)N(CCCCC(C)(C)O)CC3)cc1. The van der Waals surface area contributed by atoms with E-state index in [9.17, 15) is 23.1 Å². The molecule has 0 radical (unpaired) electrons. The van der Waals surface area contributed by atoms with Gasteiger partial charge in [0.15, 0.2) is 5.69 Å². The Hall–Kier alpha value is -2.55. The van der Waals surface area contributed by atoms with Gasteiger partial charge < -0.3 is 14.7 Å². The van der Waals surface area contributed by atoms with Crippen LogP contribution in [-0.4, -0.2) is 51.5 Å². The highest BCUT2D eigenvalue weighted by Crippen LogP contribution is 2.36. The van der Waals surface area contributed by atoms with Gasteiger partial charge in [-0.25, -0.2) is 4.68 Å². The van der Waals surface area contributed by atoms with Crippen LogP contribution in [0.25, 0.3) is 5.69 Å². The molecule has 1 aliphatic rings. The standard InChI is InChI=1S/C21H26F3N3O3/c1-20(2,29)11-4-5-12-26-13-10-16-17(19(26)28)27(25-18(16)21(22,23)24)14-6-8-15(30-3)9-7-14/h6-9,29H,4-5,10-13H2,1-3H3. The van der Waals surface area contributed by atoms with Crippen LogP contribution in [0.5, 0.6) is 5.75 Å². The van der Waals surface area contributed by atoms with Crippen molar-refractivity contribution in [3.63, 3.8) is 0 Å². The number of alkyl halides is 3. The average molecular weight is 425 g/mol. The molecule has 0 saturated heterocycles. The number of aromatic nitrogens is 2. The zero-order chi connectivity index (χ0) is 22.1. The van der Waals surface area contributed by atoms with Crippen molar-refractivity contribution in [3.8, 4) is 11.4 Å². The summed E-state index contributed by atoms with van der Waals surface area (Å²) < 4.78 is 46.9. The van der Waals surface area contributed by atoms with E-state index in [2.05, 4.69) is 5.10 Å². The van der Waals surface area contributed by atoms with Crippen molar-refractivity contribution in [2.45, 2.75) is 51.3 Å². The number of rotatable bonds is 7. The van der Waals surface area contributed by atoms with Crippen LogP contribution in [0.15, 0.2) is 24.3 Å². The molecule has 0 aliphatic carbocycles. The number of nitrogens with zero attached hydrogens (tertiary/aromatic N) is 3. The van der Waals surface area contributed by atoms with Crippen molar-refractivity contribution in [2.24, 2.45) is 0 Å². The van der Waals surface area contributed by atoms with E-state index in [0.29, 0.717) is 37.2 Å². The normalized spacial score (nSPS) is 14.8. The molecule has 0 unspecified atom stereocenters. The van der Waals surface area contributed by atoms with Gasteiger partial charge in [0.2, 0.25) is 0 Å². The topological polar surface area (TPSA) is 67.6 Å². The molecule has 0 atom stereocenters. The molecule has 1 N–H and O–H groups in total. The number of fused-ring (bicyclic) bond motifs is 1. The highest BCUT2D eigenvalue weighted by molar-refractivity contribution is 5.96. The van der Waals surface area contributed by atoms with Gasteiger partial charge in [-0.15, -0.1) is 0 Å². The van der Waals surface area contributed by atoms with Crippen LogP contribution in [0.4, 0.5) is 13.2 Å². The number of hydrogen-bond acceptors (Lipinski definition) is 4. The first-order chi connectivity index (χ1) is 14.0. The molecule has 30 heavy (non-hydrogen) atoms. The van der Waals surface area contributed by atoms with Gasteiger partial charge in [-0.05, 0) is 63.8 Å². The van der Waals surface area contributed by atoms with Crippen molar-refractivity contribution in [3.05, 3.63) is 41.2 Å². The Labute approximate surface area is 173 Å². The lowest BCUT2D eigenvalue weighted by Gasteiger charge is -2.28. The molecule has 0 fully saturated rings. The first-order valence-electron chi connectivity index (χ1n) is 9.86. The smallest absolute Gasteiger partial charge is 0.435 e. The quantitative estimate of drug-likeness (QED) is 0.685. The fraction of sp³-hybridized carbons (Fsp3) is 0.524. The minimum atomic E-state index is -4.64. The average Bonchev–Trinajstić information content (AvgIpc) is 3.07. The number of unbranched alkanes of at least 4 members (excludes halogenated alkanes) is 1. The zero-order valence-electron chi connectivity index (χ0n) is 17.3. The number of carbonyl (C=O) groups is 1. The maximum Gasteiger partial charge on any atom is 0.435 e. The van der Waals surface area contributed by atoms with Crippen LogP contribution in [0.2, 0.25) is 0 Å². The molecule has 2 aromatic rings. The zero-order valence-corrected chi connectivity index (χ0v) is 17.3. The second kappa shape index (κ2) is 8.29. The summed E-state index contributed by atoms with van der Waals surface area (Å²) in [5, 5.41) is 13.6. The van der Waals surface area contributed by atoms with E-state index >= 15 is 0 Å². The maximum atomic E-state index is 13.6. The first-order valence-corrected chi connectivity index (χ1v) is 9.86. The van der Waals surface area contributed by atoms with Gasteiger partial charge in [-0.1, -0.05) is 0 Å². The fourth-order valence-corrected chi connectivity index (χ4v) is 3.62.